The number of rotatable bonds is 6. The lowest BCUT2D eigenvalue weighted by Gasteiger charge is -2.09. The quantitative estimate of drug-likeness (QED) is 0.600. The number of carbonyl (C=O) groups is 2. The summed E-state index contributed by atoms with van der Waals surface area (Å²) in [5, 5.41) is 20.5. The first-order chi connectivity index (χ1) is 13.0. The fourth-order valence-electron chi connectivity index (χ4n) is 2.44. The molecule has 1 heterocycles. The molecule has 0 spiro atoms. The predicted molar refractivity (Wildman–Crippen MR) is 101 cm³/mol. The average Bonchev–Trinajstić information content (AvgIpc) is 2.66. The topological polar surface area (TPSA) is 113 Å². The number of carbonyl (C=O) groups excluding carboxylic acids is 1. The van der Waals surface area contributed by atoms with Crippen molar-refractivity contribution in [2.75, 3.05) is 6.54 Å². The third-order valence-electron chi connectivity index (χ3n) is 3.72. The molecule has 0 unspecified atom stereocenters. The van der Waals surface area contributed by atoms with Crippen LogP contribution in [0.4, 0.5) is 0 Å². The Morgan fingerprint density at radius 2 is 1.85 bits per heavy atom. The summed E-state index contributed by atoms with van der Waals surface area (Å²) in [5.74, 6) is -1.75. The predicted octanol–water partition coefficient (Wildman–Crippen LogP) is 2.36. The number of carboxylic acids is 1. The summed E-state index contributed by atoms with van der Waals surface area (Å²) >= 11 is 0.860. The molecule has 0 atom stereocenters. The normalized spacial score (nSPS) is 10.5. The van der Waals surface area contributed by atoms with Gasteiger partial charge in [0.2, 0.25) is 5.43 Å². The summed E-state index contributed by atoms with van der Waals surface area (Å²) in [4.78, 5) is 35.3. The summed E-state index contributed by atoms with van der Waals surface area (Å²) in [6, 6.07) is 14.3. The third-order valence-corrected chi connectivity index (χ3v) is 4.69. The van der Waals surface area contributed by atoms with Crippen molar-refractivity contribution in [3.63, 3.8) is 0 Å². The molecule has 0 saturated heterocycles. The molecular weight excluding hydrogens is 370 g/mol. The molecule has 8 heteroatoms. The Bertz CT molecular complexity index is 1060. The summed E-state index contributed by atoms with van der Waals surface area (Å²) < 4.78 is 6.18. The van der Waals surface area contributed by atoms with E-state index in [1.807, 2.05) is 30.3 Å². The molecule has 0 bridgehead atoms. The number of fused-ring (bicyclic) bond motifs is 1. The van der Waals surface area contributed by atoms with Gasteiger partial charge in [0.1, 0.15) is 24.5 Å². The molecule has 138 valence electrons. The largest absolute Gasteiger partial charge is 0.499 e. The second kappa shape index (κ2) is 7.88. The monoisotopic (exact) mass is 385 g/mol. The number of amides is 1. The smallest absolute Gasteiger partial charge is 0.322 e. The Morgan fingerprint density at radius 3 is 2.56 bits per heavy atom. The molecule has 0 radical (unpaired) electrons. The van der Waals surface area contributed by atoms with Crippen molar-refractivity contribution in [1.82, 2.24) is 5.32 Å². The molecule has 3 rings (SSSR count). The van der Waals surface area contributed by atoms with E-state index in [0.29, 0.717) is 17.1 Å². The van der Waals surface area contributed by atoms with Crippen molar-refractivity contribution in [2.45, 2.75) is 6.61 Å². The lowest BCUT2D eigenvalue weighted by atomic mass is 10.1. The van der Waals surface area contributed by atoms with Gasteiger partial charge in [-0.1, -0.05) is 41.7 Å². The van der Waals surface area contributed by atoms with E-state index in [2.05, 4.69) is 5.32 Å². The first-order valence-electron chi connectivity index (χ1n) is 7.92. The second-order valence-corrected chi connectivity index (χ2v) is 6.65. The number of aromatic hydroxyl groups is 1. The van der Waals surface area contributed by atoms with E-state index in [0.717, 1.165) is 16.9 Å². The van der Waals surface area contributed by atoms with Crippen LogP contribution in [0.1, 0.15) is 15.9 Å². The summed E-state index contributed by atoms with van der Waals surface area (Å²) in [6.45, 7) is -0.339. The van der Waals surface area contributed by atoms with Crippen LogP contribution in [0, 0.1) is 0 Å². The minimum atomic E-state index is -1.25. The van der Waals surface area contributed by atoms with Crippen molar-refractivity contribution in [3.8, 4) is 10.8 Å². The molecule has 0 aliphatic rings. The van der Waals surface area contributed by atoms with Crippen LogP contribution in [0.5, 0.6) is 10.8 Å². The molecule has 7 nitrogen and oxygen atoms in total. The highest BCUT2D eigenvalue weighted by Gasteiger charge is 2.20. The maximum atomic E-state index is 12.6. The van der Waals surface area contributed by atoms with Crippen LogP contribution in [-0.4, -0.2) is 28.6 Å². The Morgan fingerprint density at radius 1 is 1.11 bits per heavy atom. The lowest BCUT2D eigenvalue weighted by molar-refractivity contribution is -0.135. The van der Waals surface area contributed by atoms with Gasteiger partial charge in [0, 0.05) is 10.1 Å². The lowest BCUT2D eigenvalue weighted by Crippen LogP contribution is -2.32. The van der Waals surface area contributed by atoms with Gasteiger partial charge in [-0.2, -0.15) is 0 Å². The van der Waals surface area contributed by atoms with Crippen LogP contribution in [-0.2, 0) is 11.4 Å². The molecule has 0 saturated carbocycles. The van der Waals surface area contributed by atoms with Crippen LogP contribution < -0.4 is 15.5 Å². The molecule has 3 N–H and O–H groups in total. The number of carboxylic acid groups (broad SMARTS) is 1. The molecule has 0 aliphatic carbocycles. The van der Waals surface area contributed by atoms with E-state index >= 15 is 0 Å². The van der Waals surface area contributed by atoms with Crippen molar-refractivity contribution in [3.05, 3.63) is 69.9 Å². The van der Waals surface area contributed by atoms with Crippen molar-refractivity contribution < 1.29 is 24.5 Å². The number of hydrogen-bond donors (Lipinski definition) is 3. The van der Waals surface area contributed by atoms with Crippen LogP contribution in [0.2, 0.25) is 0 Å². The van der Waals surface area contributed by atoms with E-state index in [1.54, 1.807) is 12.1 Å². The van der Waals surface area contributed by atoms with Gasteiger partial charge in [-0.15, -0.1) is 0 Å². The highest BCUT2D eigenvalue weighted by Crippen LogP contribution is 2.30. The second-order valence-electron chi connectivity index (χ2n) is 5.62. The number of aliphatic carboxylic acids is 1. The Labute approximate surface area is 157 Å². The standard InChI is InChI=1S/C19H15NO6S/c21-15(22)9-20-18(24)16-17(23)13-8-12(6-7-14(13)27-19(16)25)26-10-11-4-2-1-3-5-11/h1-8,25H,9-10H2,(H,20,24)(H,21,22). The van der Waals surface area contributed by atoms with Gasteiger partial charge in [-0.25, -0.2) is 0 Å². The number of hydrogen-bond acceptors (Lipinski definition) is 6. The summed E-state index contributed by atoms with van der Waals surface area (Å²) in [7, 11) is 0. The van der Waals surface area contributed by atoms with E-state index in [-0.39, 0.29) is 5.39 Å². The van der Waals surface area contributed by atoms with E-state index in [1.165, 1.54) is 6.07 Å². The fraction of sp³-hybridized carbons (Fsp3) is 0.105. The molecule has 1 amide bonds. The highest BCUT2D eigenvalue weighted by molar-refractivity contribution is 7.20. The Kier molecular flexibility index (Phi) is 5.37. The van der Waals surface area contributed by atoms with E-state index < -0.39 is 34.5 Å². The first kappa shape index (κ1) is 18.4. The minimum Gasteiger partial charge on any atom is -0.499 e. The number of nitrogens with one attached hydrogen (secondary N) is 1. The number of ether oxygens (including phenoxy) is 1. The summed E-state index contributed by atoms with van der Waals surface area (Å²) in [5.41, 5.74) is -0.203. The van der Waals surface area contributed by atoms with Gasteiger partial charge in [0.15, 0.2) is 5.06 Å². The van der Waals surface area contributed by atoms with Gasteiger partial charge in [0.25, 0.3) is 5.91 Å². The zero-order chi connectivity index (χ0) is 19.4. The van der Waals surface area contributed by atoms with Crippen LogP contribution in [0.3, 0.4) is 0 Å². The van der Waals surface area contributed by atoms with Crippen LogP contribution >= 0.6 is 11.3 Å². The average molecular weight is 385 g/mol. The maximum Gasteiger partial charge on any atom is 0.322 e. The Balaban J connectivity index is 1.91. The van der Waals surface area contributed by atoms with Crippen LogP contribution in [0.15, 0.2) is 53.3 Å². The maximum absolute atomic E-state index is 12.6. The van der Waals surface area contributed by atoms with Gasteiger partial charge in [-0.05, 0) is 23.8 Å². The third kappa shape index (κ3) is 4.24. The molecule has 1 aromatic heterocycles. The SMILES string of the molecule is O=C(O)CNC(=O)c1c(O)sc2ccc(OCc3ccccc3)cc2c1=O. The highest BCUT2D eigenvalue weighted by atomic mass is 32.1. The van der Waals surface area contributed by atoms with Gasteiger partial charge in [-0.3, -0.25) is 14.4 Å². The zero-order valence-electron chi connectivity index (χ0n) is 14.0. The summed E-state index contributed by atoms with van der Waals surface area (Å²) in [6.07, 6.45) is 0. The van der Waals surface area contributed by atoms with Crippen LogP contribution in [0.25, 0.3) is 10.1 Å². The van der Waals surface area contributed by atoms with Gasteiger partial charge >= 0.3 is 5.97 Å². The van der Waals surface area contributed by atoms with Crippen molar-refractivity contribution >= 4 is 33.3 Å². The van der Waals surface area contributed by atoms with E-state index in [4.69, 9.17) is 9.84 Å². The Hall–Kier alpha value is -3.39. The first-order valence-corrected chi connectivity index (χ1v) is 8.74. The van der Waals surface area contributed by atoms with Gasteiger partial charge in [0.05, 0.1) is 0 Å². The zero-order valence-corrected chi connectivity index (χ0v) is 14.8. The fourth-order valence-corrected chi connectivity index (χ4v) is 3.33. The number of benzene rings is 2. The molecular formula is C19H15NO6S. The molecule has 0 aliphatic heterocycles. The van der Waals surface area contributed by atoms with Crippen molar-refractivity contribution in [1.29, 1.82) is 0 Å². The van der Waals surface area contributed by atoms with Crippen molar-refractivity contribution in [2.24, 2.45) is 0 Å². The van der Waals surface area contributed by atoms with E-state index in [9.17, 15) is 19.5 Å². The molecule has 27 heavy (non-hydrogen) atoms. The van der Waals surface area contributed by atoms with Gasteiger partial charge < -0.3 is 20.3 Å². The minimum absolute atomic E-state index is 0.212. The molecule has 0 fully saturated rings. The molecule has 3 aromatic rings. The molecule has 2 aromatic carbocycles.